The molecule has 0 fully saturated rings. The van der Waals surface area contributed by atoms with Crippen molar-refractivity contribution in [1.29, 1.82) is 5.26 Å². The van der Waals surface area contributed by atoms with Crippen LogP contribution in [-0.4, -0.2) is 0 Å². The first-order valence-corrected chi connectivity index (χ1v) is 2.04. The number of nitrogens with zero attached hydrogens (tertiary/aromatic N) is 1. The van der Waals surface area contributed by atoms with Crippen LogP contribution in [-0.2, 0) is 0 Å². The molecule has 0 aliphatic heterocycles. The van der Waals surface area contributed by atoms with Gasteiger partial charge in [0.05, 0.1) is 6.07 Å². The predicted octanol–water partition coefficient (Wildman–Crippen LogP) is 1.37. The zero-order valence-electron chi connectivity index (χ0n) is 3.94. The van der Waals surface area contributed by atoms with Crippen molar-refractivity contribution < 1.29 is 0 Å². The molecule has 0 rings (SSSR count). The highest BCUT2D eigenvalue weighted by molar-refractivity contribution is 4.82. The summed E-state index contributed by atoms with van der Waals surface area (Å²) in [4.78, 5) is 0. The average Bonchev–Trinajstić information content (AvgIpc) is 1.65. The zero-order valence-corrected chi connectivity index (χ0v) is 3.94. The minimum absolute atomic E-state index is 0.00926. The molecule has 0 N–H and O–H groups in total. The Hall–Kier alpha value is -0.510. The smallest absolute Gasteiger partial charge is 0.0655 e. The van der Waals surface area contributed by atoms with Crippen LogP contribution in [0.4, 0.5) is 0 Å². The minimum Gasteiger partial charge on any atom is -0.198 e. The molecular formula is C5H8N. The van der Waals surface area contributed by atoms with Crippen molar-refractivity contribution in [3.05, 3.63) is 6.92 Å². The van der Waals surface area contributed by atoms with Crippen LogP contribution in [0.3, 0.4) is 0 Å². The second kappa shape index (κ2) is 2.71. The lowest BCUT2D eigenvalue weighted by Gasteiger charge is -1.86. The SMILES string of the molecule is [CH2][C@@H](C#N)CC. The topological polar surface area (TPSA) is 23.8 Å². The first kappa shape index (κ1) is 5.49. The van der Waals surface area contributed by atoms with E-state index in [1.807, 2.05) is 13.0 Å². The van der Waals surface area contributed by atoms with Crippen LogP contribution in [0.1, 0.15) is 13.3 Å². The molecule has 33 valence electrons. The summed E-state index contributed by atoms with van der Waals surface area (Å²) in [7, 11) is 0. The predicted molar refractivity (Wildman–Crippen MR) is 24.8 cm³/mol. The van der Waals surface area contributed by atoms with E-state index in [9.17, 15) is 0 Å². The van der Waals surface area contributed by atoms with Gasteiger partial charge in [-0.15, -0.1) is 0 Å². The molecule has 0 saturated carbocycles. The van der Waals surface area contributed by atoms with E-state index in [-0.39, 0.29) is 5.92 Å². The Morgan fingerprint density at radius 3 is 2.50 bits per heavy atom. The highest BCUT2D eigenvalue weighted by Gasteiger charge is 1.88. The van der Waals surface area contributed by atoms with Crippen LogP contribution in [0, 0.1) is 24.2 Å². The number of nitriles is 1. The van der Waals surface area contributed by atoms with Crippen LogP contribution >= 0.6 is 0 Å². The van der Waals surface area contributed by atoms with E-state index < -0.39 is 0 Å². The fourth-order valence-corrected chi connectivity index (χ4v) is 0.0913. The first-order chi connectivity index (χ1) is 2.81. The third kappa shape index (κ3) is 1.78. The number of rotatable bonds is 1. The summed E-state index contributed by atoms with van der Waals surface area (Å²) in [6.45, 7) is 5.46. The monoisotopic (exact) mass is 82.1 g/mol. The summed E-state index contributed by atoms with van der Waals surface area (Å²) < 4.78 is 0. The average molecular weight is 82.1 g/mol. The first-order valence-electron chi connectivity index (χ1n) is 2.04. The Morgan fingerprint density at radius 1 is 2.00 bits per heavy atom. The van der Waals surface area contributed by atoms with E-state index >= 15 is 0 Å². The summed E-state index contributed by atoms with van der Waals surface area (Å²) in [5.74, 6) is -0.00926. The Kier molecular flexibility index (Phi) is 2.48. The van der Waals surface area contributed by atoms with Gasteiger partial charge in [-0.25, -0.2) is 0 Å². The molecule has 0 amide bonds. The van der Waals surface area contributed by atoms with E-state index in [0.717, 1.165) is 6.42 Å². The maximum Gasteiger partial charge on any atom is 0.0655 e. The quantitative estimate of drug-likeness (QED) is 0.468. The van der Waals surface area contributed by atoms with E-state index in [4.69, 9.17) is 5.26 Å². The van der Waals surface area contributed by atoms with Gasteiger partial charge in [-0.1, -0.05) is 6.92 Å². The molecule has 1 radical (unpaired) electrons. The molecule has 0 bridgehead atoms. The van der Waals surface area contributed by atoms with Gasteiger partial charge in [-0.3, -0.25) is 0 Å². The van der Waals surface area contributed by atoms with Gasteiger partial charge < -0.3 is 0 Å². The number of hydrogen-bond acceptors (Lipinski definition) is 1. The molecule has 0 spiro atoms. The molecule has 0 aromatic carbocycles. The molecule has 0 saturated heterocycles. The van der Waals surface area contributed by atoms with Crippen LogP contribution in [0.5, 0.6) is 0 Å². The van der Waals surface area contributed by atoms with Crippen molar-refractivity contribution in [3.8, 4) is 6.07 Å². The standard InChI is InChI=1S/C5H8N/c1-3-5(2)4-6/h5H,2-3H2,1H3/t5-/m1/s1. The van der Waals surface area contributed by atoms with Crippen LogP contribution in [0.25, 0.3) is 0 Å². The van der Waals surface area contributed by atoms with E-state index in [0.29, 0.717) is 0 Å². The Labute approximate surface area is 38.6 Å². The summed E-state index contributed by atoms with van der Waals surface area (Å²) in [5.41, 5.74) is 0. The van der Waals surface area contributed by atoms with Gasteiger partial charge in [-0.2, -0.15) is 5.26 Å². The summed E-state index contributed by atoms with van der Waals surface area (Å²) in [6.07, 6.45) is 0.858. The Bertz CT molecular complexity index is 60.8. The van der Waals surface area contributed by atoms with Crippen molar-refractivity contribution in [2.45, 2.75) is 13.3 Å². The molecule has 0 aliphatic carbocycles. The highest BCUT2D eigenvalue weighted by Crippen LogP contribution is 1.93. The Morgan fingerprint density at radius 2 is 2.50 bits per heavy atom. The third-order valence-corrected chi connectivity index (χ3v) is 0.675. The molecule has 0 aliphatic rings. The van der Waals surface area contributed by atoms with Crippen molar-refractivity contribution >= 4 is 0 Å². The van der Waals surface area contributed by atoms with Crippen LogP contribution < -0.4 is 0 Å². The molecule has 0 heterocycles. The van der Waals surface area contributed by atoms with Gasteiger partial charge in [0.2, 0.25) is 0 Å². The van der Waals surface area contributed by atoms with Gasteiger partial charge in [0.1, 0.15) is 0 Å². The van der Waals surface area contributed by atoms with Gasteiger partial charge in [0.15, 0.2) is 0 Å². The maximum atomic E-state index is 8.02. The zero-order chi connectivity index (χ0) is 4.99. The van der Waals surface area contributed by atoms with E-state index in [1.54, 1.807) is 0 Å². The summed E-state index contributed by atoms with van der Waals surface area (Å²) in [5, 5.41) is 8.02. The lowest BCUT2D eigenvalue weighted by Crippen LogP contribution is -1.82. The van der Waals surface area contributed by atoms with Crippen molar-refractivity contribution in [3.63, 3.8) is 0 Å². The van der Waals surface area contributed by atoms with Gasteiger partial charge in [0, 0.05) is 5.92 Å². The molecule has 0 aromatic heterocycles. The maximum absolute atomic E-state index is 8.02. The second-order valence-corrected chi connectivity index (χ2v) is 1.23. The second-order valence-electron chi connectivity index (χ2n) is 1.23. The molecule has 1 atom stereocenters. The molecule has 0 aromatic rings. The largest absolute Gasteiger partial charge is 0.198 e. The van der Waals surface area contributed by atoms with Gasteiger partial charge >= 0.3 is 0 Å². The third-order valence-electron chi connectivity index (χ3n) is 0.675. The Balaban J connectivity index is 3.04. The normalized spacial score (nSPS) is 12.8. The van der Waals surface area contributed by atoms with Gasteiger partial charge in [-0.05, 0) is 13.3 Å². The molecule has 1 heteroatoms. The lowest BCUT2D eigenvalue weighted by molar-refractivity contribution is 0.785. The molecule has 1 nitrogen and oxygen atoms in total. The van der Waals surface area contributed by atoms with E-state index in [2.05, 4.69) is 6.92 Å². The van der Waals surface area contributed by atoms with Crippen molar-refractivity contribution in [2.24, 2.45) is 5.92 Å². The lowest BCUT2D eigenvalue weighted by atomic mass is 10.2. The van der Waals surface area contributed by atoms with Crippen molar-refractivity contribution in [2.75, 3.05) is 0 Å². The highest BCUT2D eigenvalue weighted by atomic mass is 14.2. The minimum atomic E-state index is -0.00926. The number of hydrogen-bond donors (Lipinski definition) is 0. The fraction of sp³-hybridized carbons (Fsp3) is 0.600. The summed E-state index contributed by atoms with van der Waals surface area (Å²) in [6, 6.07) is 2.00. The molecular weight excluding hydrogens is 74.1 g/mol. The van der Waals surface area contributed by atoms with Crippen LogP contribution in [0.2, 0.25) is 0 Å². The van der Waals surface area contributed by atoms with Crippen LogP contribution in [0.15, 0.2) is 0 Å². The molecule has 0 unspecified atom stereocenters. The summed E-state index contributed by atoms with van der Waals surface area (Å²) >= 11 is 0. The van der Waals surface area contributed by atoms with E-state index in [1.165, 1.54) is 0 Å². The van der Waals surface area contributed by atoms with Gasteiger partial charge in [0.25, 0.3) is 0 Å². The fourth-order valence-electron chi connectivity index (χ4n) is 0.0913. The van der Waals surface area contributed by atoms with Crippen molar-refractivity contribution in [1.82, 2.24) is 0 Å². The molecule has 6 heavy (non-hydrogen) atoms.